The Morgan fingerprint density at radius 1 is 1.11 bits per heavy atom. The first-order valence-electron chi connectivity index (χ1n) is 9.00. The van der Waals surface area contributed by atoms with E-state index in [9.17, 15) is 17.6 Å². The summed E-state index contributed by atoms with van der Waals surface area (Å²) < 4.78 is 45.9. The quantitative estimate of drug-likeness (QED) is 0.846. The van der Waals surface area contributed by atoms with Gasteiger partial charge in [-0.2, -0.15) is 4.31 Å². The summed E-state index contributed by atoms with van der Waals surface area (Å²) in [5.74, 6) is -0.774. The molecule has 3 rings (SSSR count). The first-order chi connectivity index (χ1) is 13.2. The molecular weight excluding hydrogens is 383 g/mol. The van der Waals surface area contributed by atoms with E-state index in [4.69, 9.17) is 4.74 Å². The molecule has 1 N–H and O–H groups in total. The lowest BCUT2D eigenvalue weighted by Crippen LogP contribution is -2.48. The molecule has 0 unspecified atom stereocenters. The molecule has 1 aliphatic heterocycles. The molecule has 2 atom stereocenters. The van der Waals surface area contributed by atoms with Gasteiger partial charge in [0.1, 0.15) is 5.82 Å². The molecule has 1 aliphatic rings. The number of benzene rings is 2. The zero-order valence-corrected chi connectivity index (χ0v) is 16.8. The summed E-state index contributed by atoms with van der Waals surface area (Å²) in [6.45, 7) is 5.95. The number of carbonyl (C=O) groups excluding carboxylic acids is 1. The fraction of sp³-hybridized carbons (Fsp3) is 0.350. The minimum absolute atomic E-state index is 0.128. The second-order valence-corrected chi connectivity index (χ2v) is 8.96. The smallest absolute Gasteiger partial charge is 0.255 e. The van der Waals surface area contributed by atoms with E-state index in [2.05, 4.69) is 5.32 Å². The van der Waals surface area contributed by atoms with Crippen molar-refractivity contribution in [3.63, 3.8) is 0 Å². The van der Waals surface area contributed by atoms with Crippen LogP contribution in [0.15, 0.2) is 47.4 Å². The molecule has 2 aromatic rings. The number of sulfonamides is 1. The number of hydrogen-bond acceptors (Lipinski definition) is 4. The van der Waals surface area contributed by atoms with Gasteiger partial charge in [0.25, 0.3) is 5.91 Å². The summed E-state index contributed by atoms with van der Waals surface area (Å²) in [5.41, 5.74) is 1.41. The molecule has 1 saturated heterocycles. The second-order valence-electron chi connectivity index (χ2n) is 7.02. The molecule has 0 aromatic heterocycles. The Morgan fingerprint density at radius 2 is 1.71 bits per heavy atom. The third kappa shape index (κ3) is 4.40. The van der Waals surface area contributed by atoms with Crippen molar-refractivity contribution >= 4 is 21.6 Å². The SMILES string of the molecule is Cc1cc(F)ccc1NC(=O)c1ccc(S(=O)(=O)N2C[C@@H](C)O[C@@H](C)C2)cc1. The van der Waals surface area contributed by atoms with Crippen molar-refractivity contribution in [2.24, 2.45) is 0 Å². The predicted octanol–water partition coefficient (Wildman–Crippen LogP) is 3.18. The van der Waals surface area contributed by atoms with Gasteiger partial charge in [0.05, 0.1) is 17.1 Å². The van der Waals surface area contributed by atoms with Crippen molar-refractivity contribution < 1.29 is 22.3 Å². The highest BCUT2D eigenvalue weighted by molar-refractivity contribution is 7.89. The first-order valence-corrected chi connectivity index (χ1v) is 10.4. The first kappa shape index (κ1) is 20.4. The Labute approximate surface area is 164 Å². The van der Waals surface area contributed by atoms with Gasteiger partial charge in [0.2, 0.25) is 10.0 Å². The van der Waals surface area contributed by atoms with Crippen LogP contribution in [0.5, 0.6) is 0 Å². The van der Waals surface area contributed by atoms with E-state index in [1.165, 1.54) is 46.8 Å². The predicted molar refractivity (Wildman–Crippen MR) is 104 cm³/mol. The van der Waals surface area contributed by atoms with Gasteiger partial charge >= 0.3 is 0 Å². The number of halogens is 1. The van der Waals surface area contributed by atoms with Crippen molar-refractivity contribution in [2.75, 3.05) is 18.4 Å². The van der Waals surface area contributed by atoms with Gasteiger partial charge in [0.15, 0.2) is 0 Å². The largest absolute Gasteiger partial charge is 0.373 e. The van der Waals surface area contributed by atoms with E-state index in [-0.39, 0.29) is 22.9 Å². The van der Waals surface area contributed by atoms with Crippen LogP contribution in [0.2, 0.25) is 0 Å². The highest BCUT2D eigenvalue weighted by Crippen LogP contribution is 2.22. The number of aryl methyl sites for hydroxylation is 1. The molecule has 0 radical (unpaired) electrons. The highest BCUT2D eigenvalue weighted by atomic mass is 32.2. The van der Waals surface area contributed by atoms with E-state index >= 15 is 0 Å². The van der Waals surface area contributed by atoms with Crippen LogP contribution >= 0.6 is 0 Å². The van der Waals surface area contributed by atoms with Gasteiger partial charge < -0.3 is 10.1 Å². The minimum Gasteiger partial charge on any atom is -0.373 e. The number of morpholine rings is 1. The monoisotopic (exact) mass is 406 g/mol. The zero-order chi connectivity index (χ0) is 20.5. The number of nitrogens with one attached hydrogen (secondary N) is 1. The van der Waals surface area contributed by atoms with Crippen molar-refractivity contribution in [3.05, 3.63) is 59.4 Å². The molecule has 8 heteroatoms. The molecule has 150 valence electrons. The van der Waals surface area contributed by atoms with Crippen LogP contribution < -0.4 is 5.32 Å². The van der Waals surface area contributed by atoms with E-state index in [1.54, 1.807) is 6.92 Å². The Kier molecular flexibility index (Phi) is 5.83. The summed E-state index contributed by atoms with van der Waals surface area (Å²) in [6.07, 6.45) is -0.356. The van der Waals surface area contributed by atoms with E-state index in [0.717, 1.165) is 0 Å². The van der Waals surface area contributed by atoms with Crippen LogP contribution in [0.25, 0.3) is 0 Å². The van der Waals surface area contributed by atoms with Crippen LogP contribution in [-0.2, 0) is 14.8 Å². The summed E-state index contributed by atoms with van der Waals surface area (Å²) in [4.78, 5) is 12.5. The maximum Gasteiger partial charge on any atom is 0.255 e. The van der Waals surface area contributed by atoms with E-state index in [1.807, 2.05) is 13.8 Å². The Hall–Kier alpha value is -2.29. The zero-order valence-electron chi connectivity index (χ0n) is 16.0. The van der Waals surface area contributed by atoms with Gasteiger partial charge in [-0.15, -0.1) is 0 Å². The van der Waals surface area contributed by atoms with Crippen LogP contribution in [0, 0.1) is 12.7 Å². The maximum atomic E-state index is 13.2. The number of amides is 1. The molecule has 0 bridgehead atoms. The van der Waals surface area contributed by atoms with Crippen LogP contribution in [0.4, 0.5) is 10.1 Å². The summed E-state index contributed by atoms with van der Waals surface area (Å²) in [5, 5.41) is 2.70. The lowest BCUT2D eigenvalue weighted by molar-refractivity contribution is -0.0440. The lowest BCUT2D eigenvalue weighted by Gasteiger charge is -2.34. The fourth-order valence-corrected chi connectivity index (χ4v) is 4.81. The molecule has 28 heavy (non-hydrogen) atoms. The molecule has 1 heterocycles. The third-order valence-electron chi connectivity index (χ3n) is 4.58. The summed E-state index contributed by atoms with van der Waals surface area (Å²) in [7, 11) is -3.66. The Bertz CT molecular complexity index is 966. The summed E-state index contributed by atoms with van der Waals surface area (Å²) >= 11 is 0. The molecular formula is C20H23FN2O4S. The average molecular weight is 406 g/mol. The molecule has 1 fully saturated rings. The number of anilines is 1. The molecule has 6 nitrogen and oxygen atoms in total. The maximum absolute atomic E-state index is 13.2. The normalized spacial score (nSPS) is 20.7. The minimum atomic E-state index is -3.66. The third-order valence-corrected chi connectivity index (χ3v) is 6.42. The number of hydrogen-bond donors (Lipinski definition) is 1. The van der Waals surface area contributed by atoms with Crippen molar-refractivity contribution in [1.29, 1.82) is 0 Å². The van der Waals surface area contributed by atoms with Crippen LogP contribution in [-0.4, -0.2) is 43.9 Å². The van der Waals surface area contributed by atoms with Crippen molar-refractivity contribution in [2.45, 2.75) is 37.9 Å². The molecule has 1 amide bonds. The number of ether oxygens (including phenoxy) is 1. The van der Waals surface area contributed by atoms with Crippen LogP contribution in [0.1, 0.15) is 29.8 Å². The number of carbonyl (C=O) groups is 1. The number of nitrogens with zero attached hydrogens (tertiary/aromatic N) is 1. The van der Waals surface area contributed by atoms with Gasteiger partial charge in [0, 0.05) is 24.3 Å². The van der Waals surface area contributed by atoms with E-state index < -0.39 is 15.9 Å². The average Bonchev–Trinajstić information content (AvgIpc) is 2.63. The molecule has 0 saturated carbocycles. The lowest BCUT2D eigenvalue weighted by atomic mass is 10.1. The van der Waals surface area contributed by atoms with Gasteiger partial charge in [-0.1, -0.05) is 0 Å². The van der Waals surface area contributed by atoms with E-state index in [0.29, 0.717) is 29.9 Å². The highest BCUT2D eigenvalue weighted by Gasteiger charge is 2.32. The van der Waals surface area contributed by atoms with Gasteiger partial charge in [-0.25, -0.2) is 12.8 Å². The molecule has 2 aromatic carbocycles. The molecule has 0 spiro atoms. The van der Waals surface area contributed by atoms with Crippen LogP contribution in [0.3, 0.4) is 0 Å². The standard InChI is InChI=1S/C20H23FN2O4S/c1-13-10-17(21)6-9-19(13)22-20(24)16-4-7-18(8-5-16)28(25,26)23-11-14(2)27-15(3)12-23/h4-10,14-15H,11-12H2,1-3H3,(H,22,24)/t14-,15+. The Balaban J connectivity index is 1.76. The summed E-state index contributed by atoms with van der Waals surface area (Å²) in [6, 6.07) is 9.86. The second kappa shape index (κ2) is 7.98. The topological polar surface area (TPSA) is 75.7 Å². The van der Waals surface area contributed by atoms with Crippen molar-refractivity contribution in [3.8, 4) is 0 Å². The fourth-order valence-electron chi connectivity index (χ4n) is 3.22. The number of rotatable bonds is 4. The van der Waals surface area contributed by atoms with Gasteiger partial charge in [-0.05, 0) is 68.8 Å². The molecule has 0 aliphatic carbocycles. The van der Waals surface area contributed by atoms with Gasteiger partial charge in [-0.3, -0.25) is 4.79 Å². The van der Waals surface area contributed by atoms with Crippen molar-refractivity contribution in [1.82, 2.24) is 4.31 Å². The Morgan fingerprint density at radius 3 is 2.29 bits per heavy atom.